The Hall–Kier alpha value is -3.83. The number of methoxy groups -OCH3 is 1. The molecule has 1 aromatic heterocycles. The van der Waals surface area contributed by atoms with Crippen LogP contribution in [0.2, 0.25) is 5.02 Å². The molecule has 158 valence electrons. The van der Waals surface area contributed by atoms with Crippen molar-refractivity contribution in [2.24, 2.45) is 5.10 Å². The standard InChI is InChI=1S/C22H20ClN5O3/c1-13(2)31-20-15(9-16(23)10-18(20)30-3)12-25-28-22-26-19(14-7-5-4-6-8-14)17(11-24)21(29)27-22/h4-10,12-13H,1-3H3,(H2,26,27,28,29). The number of nitrogens with zero attached hydrogens (tertiary/aromatic N) is 3. The van der Waals surface area contributed by atoms with Crippen molar-refractivity contribution >= 4 is 23.8 Å². The van der Waals surface area contributed by atoms with Gasteiger partial charge in [0.05, 0.1) is 25.1 Å². The van der Waals surface area contributed by atoms with Crippen LogP contribution in [0.5, 0.6) is 11.5 Å². The molecule has 0 spiro atoms. The number of benzene rings is 2. The van der Waals surface area contributed by atoms with Crippen LogP contribution in [-0.2, 0) is 0 Å². The minimum absolute atomic E-state index is 0.0760. The smallest absolute Gasteiger partial charge is 0.270 e. The Morgan fingerprint density at radius 2 is 2.03 bits per heavy atom. The zero-order valence-corrected chi connectivity index (χ0v) is 17.9. The Morgan fingerprint density at radius 3 is 2.68 bits per heavy atom. The third kappa shape index (κ3) is 5.21. The van der Waals surface area contributed by atoms with Gasteiger partial charge in [-0.2, -0.15) is 10.4 Å². The average molecular weight is 438 g/mol. The van der Waals surface area contributed by atoms with Gasteiger partial charge in [-0.3, -0.25) is 9.78 Å². The van der Waals surface area contributed by atoms with Gasteiger partial charge in [-0.25, -0.2) is 10.4 Å². The number of halogens is 1. The van der Waals surface area contributed by atoms with Gasteiger partial charge in [-0.15, -0.1) is 0 Å². The molecule has 0 aliphatic heterocycles. The van der Waals surface area contributed by atoms with Crippen molar-refractivity contribution < 1.29 is 9.47 Å². The van der Waals surface area contributed by atoms with Crippen LogP contribution < -0.4 is 20.5 Å². The molecule has 8 nitrogen and oxygen atoms in total. The second kappa shape index (κ2) is 9.78. The highest BCUT2D eigenvalue weighted by Crippen LogP contribution is 2.34. The lowest BCUT2D eigenvalue weighted by atomic mass is 10.1. The summed E-state index contributed by atoms with van der Waals surface area (Å²) in [4.78, 5) is 19.2. The Labute approximate surface area is 184 Å². The minimum atomic E-state index is -0.567. The molecule has 1 heterocycles. The summed E-state index contributed by atoms with van der Waals surface area (Å²) in [5.74, 6) is 1.04. The first-order chi connectivity index (χ1) is 14.9. The van der Waals surface area contributed by atoms with Gasteiger partial charge in [0.1, 0.15) is 11.6 Å². The normalized spacial score (nSPS) is 10.8. The number of H-pyrrole nitrogens is 1. The van der Waals surface area contributed by atoms with E-state index in [1.165, 1.54) is 13.3 Å². The van der Waals surface area contributed by atoms with Crippen LogP contribution >= 0.6 is 11.6 Å². The predicted molar refractivity (Wildman–Crippen MR) is 120 cm³/mol. The van der Waals surface area contributed by atoms with Gasteiger partial charge in [-0.05, 0) is 19.9 Å². The van der Waals surface area contributed by atoms with Crippen molar-refractivity contribution in [2.75, 3.05) is 12.5 Å². The highest BCUT2D eigenvalue weighted by Gasteiger charge is 2.14. The van der Waals surface area contributed by atoms with Gasteiger partial charge in [0.2, 0.25) is 5.95 Å². The van der Waals surface area contributed by atoms with E-state index in [4.69, 9.17) is 21.1 Å². The fourth-order valence-electron chi connectivity index (χ4n) is 2.80. The number of aromatic amines is 1. The first-order valence-electron chi connectivity index (χ1n) is 9.36. The van der Waals surface area contributed by atoms with Crippen LogP contribution in [0.15, 0.2) is 52.4 Å². The highest BCUT2D eigenvalue weighted by atomic mass is 35.5. The van der Waals surface area contributed by atoms with Gasteiger partial charge in [0.15, 0.2) is 11.5 Å². The SMILES string of the molecule is COc1cc(Cl)cc(C=NNc2nc(-c3ccccc3)c(C#N)c(=O)[nH]2)c1OC(C)C. The molecule has 0 bridgehead atoms. The average Bonchev–Trinajstić information content (AvgIpc) is 2.75. The quantitative estimate of drug-likeness (QED) is 0.423. The van der Waals surface area contributed by atoms with Gasteiger partial charge >= 0.3 is 0 Å². The Kier molecular flexibility index (Phi) is 6.90. The van der Waals surface area contributed by atoms with E-state index in [0.29, 0.717) is 27.6 Å². The van der Waals surface area contributed by atoms with E-state index in [2.05, 4.69) is 20.5 Å². The maximum absolute atomic E-state index is 12.3. The van der Waals surface area contributed by atoms with Crippen molar-refractivity contribution in [1.29, 1.82) is 5.26 Å². The predicted octanol–water partition coefficient (Wildman–Crippen LogP) is 4.20. The van der Waals surface area contributed by atoms with E-state index >= 15 is 0 Å². The monoisotopic (exact) mass is 437 g/mol. The summed E-state index contributed by atoms with van der Waals surface area (Å²) in [6.45, 7) is 3.79. The lowest BCUT2D eigenvalue weighted by Crippen LogP contribution is -2.16. The zero-order valence-electron chi connectivity index (χ0n) is 17.1. The van der Waals surface area contributed by atoms with Crippen molar-refractivity contribution in [2.45, 2.75) is 20.0 Å². The Bertz CT molecular complexity index is 1200. The largest absolute Gasteiger partial charge is 0.493 e. The summed E-state index contributed by atoms with van der Waals surface area (Å²) in [6.07, 6.45) is 1.38. The van der Waals surface area contributed by atoms with Crippen LogP contribution in [0.3, 0.4) is 0 Å². The number of anilines is 1. The van der Waals surface area contributed by atoms with Gasteiger partial charge in [-0.1, -0.05) is 41.9 Å². The highest BCUT2D eigenvalue weighted by molar-refractivity contribution is 6.31. The molecule has 0 aliphatic rings. The second-order valence-corrected chi connectivity index (χ2v) is 7.12. The van der Waals surface area contributed by atoms with Gasteiger partial charge in [0, 0.05) is 22.2 Å². The Morgan fingerprint density at radius 1 is 1.29 bits per heavy atom. The van der Waals surface area contributed by atoms with E-state index in [9.17, 15) is 10.1 Å². The number of nitriles is 1. The summed E-state index contributed by atoms with van der Waals surface area (Å²) in [5.41, 5.74) is 3.52. The topological polar surface area (TPSA) is 112 Å². The number of rotatable bonds is 7. The summed E-state index contributed by atoms with van der Waals surface area (Å²) >= 11 is 6.17. The summed E-state index contributed by atoms with van der Waals surface area (Å²) in [5, 5.41) is 13.9. The fourth-order valence-corrected chi connectivity index (χ4v) is 3.01. The van der Waals surface area contributed by atoms with Gasteiger partial charge in [0.25, 0.3) is 5.56 Å². The molecule has 0 radical (unpaired) electrons. The zero-order chi connectivity index (χ0) is 22.4. The second-order valence-electron chi connectivity index (χ2n) is 6.68. The van der Waals surface area contributed by atoms with E-state index in [1.54, 1.807) is 36.4 Å². The number of nitrogens with one attached hydrogen (secondary N) is 2. The lowest BCUT2D eigenvalue weighted by molar-refractivity contribution is 0.230. The third-order valence-electron chi connectivity index (χ3n) is 4.07. The molecular weight excluding hydrogens is 418 g/mol. The third-order valence-corrected chi connectivity index (χ3v) is 4.29. The van der Waals surface area contributed by atoms with E-state index in [1.807, 2.05) is 26.0 Å². The van der Waals surface area contributed by atoms with Crippen molar-refractivity contribution in [3.63, 3.8) is 0 Å². The molecule has 0 unspecified atom stereocenters. The van der Waals surface area contributed by atoms with Crippen molar-refractivity contribution in [1.82, 2.24) is 9.97 Å². The van der Waals surface area contributed by atoms with Crippen LogP contribution in [0.4, 0.5) is 5.95 Å². The first-order valence-corrected chi connectivity index (χ1v) is 9.73. The van der Waals surface area contributed by atoms with Crippen LogP contribution in [-0.4, -0.2) is 29.4 Å². The molecule has 3 rings (SSSR count). The number of hydrazone groups is 1. The molecular formula is C22H20ClN5O3. The molecule has 3 aromatic rings. The molecule has 31 heavy (non-hydrogen) atoms. The summed E-state index contributed by atoms with van der Waals surface area (Å²) < 4.78 is 11.2. The Balaban J connectivity index is 1.95. The number of ether oxygens (including phenoxy) is 2. The summed E-state index contributed by atoms with van der Waals surface area (Å²) in [7, 11) is 1.52. The first kappa shape index (κ1) is 21.9. The molecule has 0 amide bonds. The van der Waals surface area contributed by atoms with Crippen molar-refractivity contribution in [3.05, 3.63) is 69.0 Å². The number of aromatic nitrogens is 2. The molecule has 0 atom stereocenters. The molecule has 0 aliphatic carbocycles. The van der Waals surface area contributed by atoms with Crippen LogP contribution in [0, 0.1) is 11.3 Å². The number of hydrogen-bond acceptors (Lipinski definition) is 7. The molecule has 9 heteroatoms. The maximum Gasteiger partial charge on any atom is 0.270 e. The van der Waals surface area contributed by atoms with E-state index in [-0.39, 0.29) is 23.3 Å². The van der Waals surface area contributed by atoms with E-state index in [0.717, 1.165) is 0 Å². The minimum Gasteiger partial charge on any atom is -0.493 e. The summed E-state index contributed by atoms with van der Waals surface area (Å²) in [6, 6.07) is 14.2. The maximum atomic E-state index is 12.3. The molecule has 2 N–H and O–H groups in total. The van der Waals surface area contributed by atoms with Crippen LogP contribution in [0.1, 0.15) is 25.0 Å². The molecule has 0 saturated heterocycles. The van der Waals surface area contributed by atoms with Crippen LogP contribution in [0.25, 0.3) is 11.3 Å². The fraction of sp³-hybridized carbons (Fsp3) is 0.182. The molecule has 0 fully saturated rings. The van der Waals surface area contributed by atoms with E-state index < -0.39 is 5.56 Å². The van der Waals surface area contributed by atoms with Gasteiger partial charge < -0.3 is 9.47 Å². The lowest BCUT2D eigenvalue weighted by Gasteiger charge is -2.16. The number of hydrogen-bond donors (Lipinski definition) is 2. The molecule has 0 saturated carbocycles. The molecule has 2 aromatic carbocycles. The van der Waals surface area contributed by atoms with Crippen molar-refractivity contribution in [3.8, 4) is 28.8 Å².